The summed E-state index contributed by atoms with van der Waals surface area (Å²) in [5, 5.41) is 2.36. The molecule has 0 heterocycles. The molecule has 0 spiro atoms. The van der Waals surface area contributed by atoms with Gasteiger partial charge in [-0.2, -0.15) is 13.2 Å². The summed E-state index contributed by atoms with van der Waals surface area (Å²) in [5.74, 6) is 0. The lowest BCUT2D eigenvalue weighted by Gasteiger charge is -2.08. The third-order valence-corrected chi connectivity index (χ3v) is 1.81. The molecule has 0 aromatic rings. The molecule has 0 saturated heterocycles. The van der Waals surface area contributed by atoms with E-state index in [1.165, 1.54) is 5.57 Å². The van der Waals surface area contributed by atoms with Crippen molar-refractivity contribution in [2.45, 2.75) is 32.9 Å². The molecule has 0 aliphatic heterocycles. The van der Waals surface area contributed by atoms with Crippen LogP contribution in [-0.2, 0) is 0 Å². The smallest absolute Gasteiger partial charge is 0.308 e. The van der Waals surface area contributed by atoms with E-state index in [-0.39, 0.29) is 0 Å². The maximum atomic E-state index is 11.7. The molecule has 0 aromatic carbocycles. The topological polar surface area (TPSA) is 12.0 Å². The van der Waals surface area contributed by atoms with Crippen LogP contribution in [0.4, 0.5) is 13.2 Å². The van der Waals surface area contributed by atoms with Gasteiger partial charge in [0.15, 0.2) is 0 Å². The Morgan fingerprint density at radius 1 is 1.38 bits per heavy atom. The molecule has 13 heavy (non-hydrogen) atoms. The first-order chi connectivity index (χ1) is 5.99. The van der Waals surface area contributed by atoms with E-state index < -0.39 is 12.7 Å². The number of rotatable bonds is 5. The largest absolute Gasteiger partial charge is 0.401 e. The van der Waals surface area contributed by atoms with Gasteiger partial charge in [0, 0.05) is 0 Å². The maximum Gasteiger partial charge on any atom is 0.401 e. The minimum absolute atomic E-state index is 0.396. The van der Waals surface area contributed by atoms with Gasteiger partial charge in [-0.3, -0.25) is 0 Å². The number of allylic oxidation sites excluding steroid dienone is 1. The van der Waals surface area contributed by atoms with Crippen LogP contribution in [0.2, 0.25) is 0 Å². The molecular formula is C9H16F3N. The normalized spacial score (nSPS) is 13.5. The fourth-order valence-corrected chi connectivity index (χ4v) is 1.00. The summed E-state index contributed by atoms with van der Waals surface area (Å²) in [6.07, 6.45) is -0.537. The summed E-state index contributed by atoms with van der Waals surface area (Å²) >= 11 is 0. The van der Waals surface area contributed by atoms with Gasteiger partial charge in [0.1, 0.15) is 0 Å². The molecule has 0 radical (unpaired) electrons. The Labute approximate surface area is 77.0 Å². The third-order valence-electron chi connectivity index (χ3n) is 1.81. The molecule has 0 fully saturated rings. The van der Waals surface area contributed by atoms with Crippen molar-refractivity contribution in [1.29, 1.82) is 0 Å². The molecule has 0 aromatic heterocycles. The van der Waals surface area contributed by atoms with E-state index in [2.05, 4.69) is 5.32 Å². The van der Waals surface area contributed by atoms with Crippen LogP contribution >= 0.6 is 0 Å². The Kier molecular flexibility index (Phi) is 5.79. The van der Waals surface area contributed by atoms with Gasteiger partial charge in [-0.25, -0.2) is 0 Å². The summed E-state index contributed by atoms with van der Waals surface area (Å²) < 4.78 is 35.0. The molecule has 0 unspecified atom stereocenters. The van der Waals surface area contributed by atoms with Gasteiger partial charge in [-0.1, -0.05) is 18.6 Å². The minimum atomic E-state index is -4.09. The van der Waals surface area contributed by atoms with Gasteiger partial charge in [0.05, 0.1) is 6.54 Å². The standard InChI is InChI=1S/C9H16F3N/c1-3-8(4-2)5-6-13-7-9(10,11)12/h3,13H,4-7H2,1-2H3/b8-3+. The van der Waals surface area contributed by atoms with Gasteiger partial charge >= 0.3 is 6.18 Å². The van der Waals surface area contributed by atoms with Crippen molar-refractivity contribution >= 4 is 0 Å². The first-order valence-electron chi connectivity index (χ1n) is 4.41. The van der Waals surface area contributed by atoms with Crippen LogP contribution in [0.15, 0.2) is 11.6 Å². The Balaban J connectivity index is 3.46. The summed E-state index contributed by atoms with van der Waals surface area (Å²) in [7, 11) is 0. The van der Waals surface area contributed by atoms with E-state index in [1.54, 1.807) is 0 Å². The molecule has 0 atom stereocenters. The van der Waals surface area contributed by atoms with Crippen molar-refractivity contribution in [2.24, 2.45) is 0 Å². The highest BCUT2D eigenvalue weighted by Gasteiger charge is 2.25. The van der Waals surface area contributed by atoms with Gasteiger partial charge in [-0.15, -0.1) is 0 Å². The monoisotopic (exact) mass is 195 g/mol. The second-order valence-corrected chi connectivity index (χ2v) is 2.84. The van der Waals surface area contributed by atoms with Crippen molar-refractivity contribution < 1.29 is 13.2 Å². The molecule has 0 aliphatic carbocycles. The van der Waals surface area contributed by atoms with Crippen LogP contribution in [0.25, 0.3) is 0 Å². The maximum absolute atomic E-state index is 11.7. The zero-order valence-corrected chi connectivity index (χ0v) is 8.04. The summed E-state index contributed by atoms with van der Waals surface area (Å²) in [5.41, 5.74) is 1.19. The molecule has 78 valence electrons. The lowest BCUT2D eigenvalue weighted by atomic mass is 10.1. The number of hydrogen-bond donors (Lipinski definition) is 1. The number of alkyl halides is 3. The Morgan fingerprint density at radius 3 is 2.38 bits per heavy atom. The highest BCUT2D eigenvalue weighted by molar-refractivity contribution is 4.99. The number of halogens is 3. The van der Waals surface area contributed by atoms with E-state index in [9.17, 15) is 13.2 Å². The first-order valence-corrected chi connectivity index (χ1v) is 4.41. The SMILES string of the molecule is C/C=C(\CC)CCNCC(F)(F)F. The third kappa shape index (κ3) is 7.84. The molecule has 0 aliphatic rings. The van der Waals surface area contributed by atoms with Gasteiger partial charge in [0.25, 0.3) is 0 Å². The van der Waals surface area contributed by atoms with E-state index in [1.807, 2.05) is 19.9 Å². The van der Waals surface area contributed by atoms with E-state index in [4.69, 9.17) is 0 Å². The van der Waals surface area contributed by atoms with E-state index >= 15 is 0 Å². The Morgan fingerprint density at radius 2 is 2.00 bits per heavy atom. The lowest BCUT2D eigenvalue weighted by molar-refractivity contribution is -0.124. The average molecular weight is 195 g/mol. The van der Waals surface area contributed by atoms with Crippen LogP contribution in [-0.4, -0.2) is 19.3 Å². The van der Waals surface area contributed by atoms with Crippen molar-refractivity contribution in [3.05, 3.63) is 11.6 Å². The minimum Gasteiger partial charge on any atom is -0.308 e. The van der Waals surface area contributed by atoms with Crippen molar-refractivity contribution in [2.75, 3.05) is 13.1 Å². The van der Waals surface area contributed by atoms with E-state index in [0.717, 1.165) is 6.42 Å². The van der Waals surface area contributed by atoms with Crippen LogP contribution in [0.5, 0.6) is 0 Å². The van der Waals surface area contributed by atoms with Crippen molar-refractivity contribution in [1.82, 2.24) is 5.32 Å². The van der Waals surface area contributed by atoms with Crippen LogP contribution in [0.1, 0.15) is 26.7 Å². The molecule has 0 saturated carbocycles. The van der Waals surface area contributed by atoms with Crippen molar-refractivity contribution in [3.8, 4) is 0 Å². The second kappa shape index (κ2) is 6.02. The molecule has 1 nitrogen and oxygen atoms in total. The summed E-state index contributed by atoms with van der Waals surface area (Å²) in [6.45, 7) is 3.41. The number of hydrogen-bond acceptors (Lipinski definition) is 1. The zero-order valence-electron chi connectivity index (χ0n) is 8.04. The summed E-state index contributed by atoms with van der Waals surface area (Å²) in [6, 6.07) is 0. The predicted molar refractivity (Wildman–Crippen MR) is 47.6 cm³/mol. The highest BCUT2D eigenvalue weighted by atomic mass is 19.4. The number of nitrogens with one attached hydrogen (secondary N) is 1. The van der Waals surface area contributed by atoms with Crippen LogP contribution in [0.3, 0.4) is 0 Å². The van der Waals surface area contributed by atoms with E-state index in [0.29, 0.717) is 13.0 Å². The zero-order chi connectivity index (χ0) is 10.3. The molecule has 0 rings (SSSR count). The van der Waals surface area contributed by atoms with Crippen LogP contribution < -0.4 is 5.32 Å². The molecule has 0 amide bonds. The second-order valence-electron chi connectivity index (χ2n) is 2.84. The van der Waals surface area contributed by atoms with Crippen LogP contribution in [0, 0.1) is 0 Å². The summed E-state index contributed by atoms with van der Waals surface area (Å²) in [4.78, 5) is 0. The van der Waals surface area contributed by atoms with Gasteiger partial charge < -0.3 is 5.32 Å². The fourth-order valence-electron chi connectivity index (χ4n) is 1.00. The average Bonchev–Trinajstić information content (AvgIpc) is 2.03. The van der Waals surface area contributed by atoms with Crippen molar-refractivity contribution in [3.63, 3.8) is 0 Å². The fraction of sp³-hybridized carbons (Fsp3) is 0.778. The molecule has 0 bridgehead atoms. The first kappa shape index (κ1) is 12.5. The molecule has 1 N–H and O–H groups in total. The Hall–Kier alpha value is -0.510. The highest BCUT2D eigenvalue weighted by Crippen LogP contribution is 2.12. The van der Waals surface area contributed by atoms with Gasteiger partial charge in [0.2, 0.25) is 0 Å². The molecule has 4 heteroatoms. The quantitative estimate of drug-likeness (QED) is 0.525. The Bertz CT molecular complexity index is 161. The lowest BCUT2D eigenvalue weighted by Crippen LogP contribution is -2.29. The van der Waals surface area contributed by atoms with Gasteiger partial charge in [-0.05, 0) is 26.3 Å². The molecular weight excluding hydrogens is 179 g/mol. The predicted octanol–water partition coefficient (Wildman–Crippen LogP) is 2.88.